The Morgan fingerprint density at radius 1 is 1.11 bits per heavy atom. The lowest BCUT2D eigenvalue weighted by molar-refractivity contribution is -0.115. The zero-order valence-corrected chi connectivity index (χ0v) is 11.5. The molecular formula is C14H12Cl2N2O. The first kappa shape index (κ1) is 13.7. The molecule has 0 aliphatic heterocycles. The Morgan fingerprint density at radius 3 is 2.42 bits per heavy atom. The van der Waals surface area contributed by atoms with Crippen molar-refractivity contribution in [3.8, 4) is 0 Å². The van der Waals surface area contributed by atoms with Crippen molar-refractivity contribution >= 4 is 40.5 Å². The Labute approximate surface area is 121 Å². The highest BCUT2D eigenvalue weighted by molar-refractivity contribution is 6.33. The van der Waals surface area contributed by atoms with Crippen LogP contribution in [-0.2, 0) is 11.2 Å². The summed E-state index contributed by atoms with van der Waals surface area (Å²) in [7, 11) is 0. The van der Waals surface area contributed by atoms with Gasteiger partial charge in [0.1, 0.15) is 0 Å². The van der Waals surface area contributed by atoms with E-state index in [0.29, 0.717) is 21.4 Å². The summed E-state index contributed by atoms with van der Waals surface area (Å²) in [4.78, 5) is 11.8. The molecule has 0 radical (unpaired) electrons. The number of carbonyl (C=O) groups is 1. The number of nitrogens with one attached hydrogen (secondary N) is 1. The molecule has 0 aliphatic rings. The molecule has 0 unspecified atom stereocenters. The largest absolute Gasteiger partial charge is 0.398 e. The predicted octanol–water partition coefficient (Wildman–Crippen LogP) is 3.76. The molecule has 1 amide bonds. The van der Waals surface area contributed by atoms with E-state index < -0.39 is 0 Å². The standard InChI is InChI=1S/C14H12Cl2N2O/c15-10-3-1-9(2-4-10)7-14(19)18-11-5-6-13(17)12(16)8-11/h1-6,8H,7,17H2,(H,18,19). The molecule has 98 valence electrons. The van der Waals surface area contributed by atoms with Crippen LogP contribution in [0, 0.1) is 0 Å². The van der Waals surface area contributed by atoms with Gasteiger partial charge in [0, 0.05) is 10.7 Å². The fourth-order valence-electron chi connectivity index (χ4n) is 1.60. The maximum atomic E-state index is 11.8. The summed E-state index contributed by atoms with van der Waals surface area (Å²) < 4.78 is 0. The van der Waals surface area contributed by atoms with Crippen LogP contribution in [0.4, 0.5) is 11.4 Å². The number of hydrogen-bond donors (Lipinski definition) is 2. The molecule has 19 heavy (non-hydrogen) atoms. The number of nitrogen functional groups attached to an aromatic ring is 1. The van der Waals surface area contributed by atoms with Gasteiger partial charge in [0.2, 0.25) is 5.91 Å². The smallest absolute Gasteiger partial charge is 0.228 e. The van der Waals surface area contributed by atoms with Gasteiger partial charge < -0.3 is 11.1 Å². The maximum absolute atomic E-state index is 11.8. The van der Waals surface area contributed by atoms with Crippen LogP contribution in [0.15, 0.2) is 42.5 Å². The summed E-state index contributed by atoms with van der Waals surface area (Å²) in [5.41, 5.74) is 7.60. The quantitative estimate of drug-likeness (QED) is 0.847. The lowest BCUT2D eigenvalue weighted by Crippen LogP contribution is -2.14. The van der Waals surface area contributed by atoms with Crippen molar-refractivity contribution in [2.45, 2.75) is 6.42 Å². The third-order valence-electron chi connectivity index (χ3n) is 2.56. The van der Waals surface area contributed by atoms with Gasteiger partial charge in [-0.3, -0.25) is 4.79 Å². The van der Waals surface area contributed by atoms with Crippen LogP contribution < -0.4 is 11.1 Å². The Hall–Kier alpha value is -1.71. The van der Waals surface area contributed by atoms with E-state index in [9.17, 15) is 4.79 Å². The molecule has 0 heterocycles. The number of amides is 1. The van der Waals surface area contributed by atoms with E-state index in [4.69, 9.17) is 28.9 Å². The van der Waals surface area contributed by atoms with Gasteiger partial charge in [-0.25, -0.2) is 0 Å². The Morgan fingerprint density at radius 2 is 1.79 bits per heavy atom. The van der Waals surface area contributed by atoms with Crippen molar-refractivity contribution in [3.05, 3.63) is 58.1 Å². The summed E-state index contributed by atoms with van der Waals surface area (Å²) in [6.07, 6.45) is 0.277. The summed E-state index contributed by atoms with van der Waals surface area (Å²) in [5, 5.41) is 3.83. The van der Waals surface area contributed by atoms with Crippen LogP contribution >= 0.6 is 23.2 Å². The second-order valence-corrected chi connectivity index (χ2v) is 4.93. The fraction of sp³-hybridized carbons (Fsp3) is 0.0714. The number of hydrogen-bond acceptors (Lipinski definition) is 2. The Balaban J connectivity index is 2.01. The van der Waals surface area contributed by atoms with E-state index in [1.54, 1.807) is 30.3 Å². The van der Waals surface area contributed by atoms with Crippen LogP contribution in [0.3, 0.4) is 0 Å². The molecule has 0 saturated carbocycles. The van der Waals surface area contributed by atoms with E-state index in [2.05, 4.69) is 5.32 Å². The maximum Gasteiger partial charge on any atom is 0.228 e. The number of carbonyl (C=O) groups excluding carboxylic acids is 1. The van der Waals surface area contributed by atoms with Crippen molar-refractivity contribution in [2.75, 3.05) is 11.1 Å². The van der Waals surface area contributed by atoms with Gasteiger partial charge in [-0.2, -0.15) is 0 Å². The third kappa shape index (κ3) is 3.88. The van der Waals surface area contributed by atoms with E-state index >= 15 is 0 Å². The average molecular weight is 295 g/mol. The van der Waals surface area contributed by atoms with Gasteiger partial charge in [-0.05, 0) is 35.9 Å². The van der Waals surface area contributed by atoms with Crippen LogP contribution in [0.2, 0.25) is 10.0 Å². The molecule has 3 N–H and O–H groups in total. The first-order valence-electron chi connectivity index (χ1n) is 5.64. The van der Waals surface area contributed by atoms with E-state index in [1.165, 1.54) is 0 Å². The topological polar surface area (TPSA) is 55.1 Å². The molecule has 3 nitrogen and oxygen atoms in total. The molecule has 2 aromatic carbocycles. The molecule has 5 heteroatoms. The van der Waals surface area contributed by atoms with Crippen molar-refractivity contribution in [1.29, 1.82) is 0 Å². The number of anilines is 2. The molecule has 0 saturated heterocycles. The number of halogens is 2. The first-order valence-corrected chi connectivity index (χ1v) is 6.39. The molecule has 0 bridgehead atoms. The molecule has 0 spiro atoms. The van der Waals surface area contributed by atoms with Crippen molar-refractivity contribution in [2.24, 2.45) is 0 Å². The average Bonchev–Trinajstić information content (AvgIpc) is 2.37. The second kappa shape index (κ2) is 5.95. The fourth-order valence-corrected chi connectivity index (χ4v) is 1.90. The van der Waals surface area contributed by atoms with Crippen molar-refractivity contribution < 1.29 is 4.79 Å². The molecule has 2 aromatic rings. The minimum Gasteiger partial charge on any atom is -0.398 e. The Kier molecular flexibility index (Phi) is 4.30. The van der Waals surface area contributed by atoms with E-state index in [-0.39, 0.29) is 12.3 Å². The summed E-state index contributed by atoms with van der Waals surface area (Å²) in [6, 6.07) is 12.1. The predicted molar refractivity (Wildman–Crippen MR) is 79.7 cm³/mol. The molecule has 0 atom stereocenters. The van der Waals surface area contributed by atoms with Crippen LogP contribution in [0.25, 0.3) is 0 Å². The van der Waals surface area contributed by atoms with Crippen LogP contribution in [0.5, 0.6) is 0 Å². The third-order valence-corrected chi connectivity index (χ3v) is 3.14. The number of nitrogens with two attached hydrogens (primary N) is 1. The minimum absolute atomic E-state index is 0.122. The van der Waals surface area contributed by atoms with Crippen LogP contribution in [-0.4, -0.2) is 5.91 Å². The minimum atomic E-state index is -0.122. The highest BCUT2D eigenvalue weighted by Gasteiger charge is 2.05. The molecule has 0 aliphatic carbocycles. The monoisotopic (exact) mass is 294 g/mol. The van der Waals surface area contributed by atoms with Crippen LogP contribution in [0.1, 0.15) is 5.56 Å². The second-order valence-electron chi connectivity index (χ2n) is 4.09. The van der Waals surface area contributed by atoms with E-state index in [1.807, 2.05) is 12.1 Å². The van der Waals surface area contributed by atoms with Gasteiger partial charge in [-0.1, -0.05) is 35.3 Å². The summed E-state index contributed by atoms with van der Waals surface area (Å²) in [6.45, 7) is 0. The van der Waals surface area contributed by atoms with Gasteiger partial charge in [0.25, 0.3) is 0 Å². The highest BCUT2D eigenvalue weighted by atomic mass is 35.5. The van der Waals surface area contributed by atoms with E-state index in [0.717, 1.165) is 5.56 Å². The van der Waals surface area contributed by atoms with Crippen molar-refractivity contribution in [1.82, 2.24) is 0 Å². The summed E-state index contributed by atoms with van der Waals surface area (Å²) >= 11 is 11.7. The summed E-state index contributed by atoms with van der Waals surface area (Å²) in [5.74, 6) is -0.122. The van der Waals surface area contributed by atoms with Gasteiger partial charge >= 0.3 is 0 Å². The van der Waals surface area contributed by atoms with Gasteiger partial charge in [0.05, 0.1) is 17.1 Å². The molecule has 2 rings (SSSR count). The molecule has 0 fully saturated rings. The molecular weight excluding hydrogens is 283 g/mol. The lowest BCUT2D eigenvalue weighted by atomic mass is 10.1. The first-order chi connectivity index (χ1) is 9.04. The SMILES string of the molecule is Nc1ccc(NC(=O)Cc2ccc(Cl)cc2)cc1Cl. The normalized spacial score (nSPS) is 10.2. The highest BCUT2D eigenvalue weighted by Crippen LogP contribution is 2.22. The van der Waals surface area contributed by atoms with Gasteiger partial charge in [-0.15, -0.1) is 0 Å². The lowest BCUT2D eigenvalue weighted by Gasteiger charge is -2.07. The van der Waals surface area contributed by atoms with Gasteiger partial charge in [0.15, 0.2) is 0 Å². The zero-order chi connectivity index (χ0) is 13.8. The van der Waals surface area contributed by atoms with Crippen molar-refractivity contribution in [3.63, 3.8) is 0 Å². The number of rotatable bonds is 3. The number of benzene rings is 2. The zero-order valence-electron chi connectivity index (χ0n) is 9.99. The molecule has 0 aromatic heterocycles. The Bertz CT molecular complexity index is 597.